The lowest BCUT2D eigenvalue weighted by Crippen LogP contribution is -2.32. The van der Waals surface area contributed by atoms with Crippen LogP contribution in [0.4, 0.5) is 8.78 Å². The van der Waals surface area contributed by atoms with Crippen LogP contribution in [0.3, 0.4) is 0 Å². The van der Waals surface area contributed by atoms with Crippen LogP contribution in [-0.4, -0.2) is 26.2 Å². The number of benzene rings is 2. The number of carbonyl (C=O) groups excluding carboxylic acids is 1. The number of hydrogen-bond donors (Lipinski definition) is 1. The van der Waals surface area contributed by atoms with Gasteiger partial charge >= 0.3 is 6.61 Å². The molecule has 1 aliphatic rings. The largest absolute Gasteiger partial charge is 0.497 e. The first-order valence-electron chi connectivity index (χ1n) is 8.01. The second-order valence-electron chi connectivity index (χ2n) is 6.07. The first-order chi connectivity index (χ1) is 12.0. The molecule has 132 valence electrons. The summed E-state index contributed by atoms with van der Waals surface area (Å²) in [6.45, 7) is -2.56. The molecule has 0 aliphatic heterocycles. The molecule has 3 rings (SSSR count). The highest BCUT2D eigenvalue weighted by atomic mass is 19.3. The van der Waals surface area contributed by atoms with Gasteiger partial charge in [0.15, 0.2) is 0 Å². The minimum absolute atomic E-state index is 0.0601. The van der Waals surface area contributed by atoms with E-state index < -0.39 is 12.5 Å². The zero-order chi connectivity index (χ0) is 17.9. The van der Waals surface area contributed by atoms with Crippen molar-refractivity contribution in [3.8, 4) is 11.5 Å². The van der Waals surface area contributed by atoms with Crippen molar-refractivity contribution < 1.29 is 23.0 Å². The van der Waals surface area contributed by atoms with Gasteiger partial charge in [-0.15, -0.1) is 0 Å². The third-order valence-electron chi connectivity index (χ3n) is 4.48. The van der Waals surface area contributed by atoms with Gasteiger partial charge in [0.2, 0.25) is 0 Å². The van der Waals surface area contributed by atoms with Crippen molar-refractivity contribution in [3.05, 3.63) is 59.7 Å². The summed E-state index contributed by atoms with van der Waals surface area (Å²) in [5.74, 6) is -0.299. The second-order valence-corrected chi connectivity index (χ2v) is 6.07. The van der Waals surface area contributed by atoms with Gasteiger partial charge < -0.3 is 14.8 Å². The highest BCUT2D eigenvalue weighted by Gasteiger charge is 2.44. The van der Waals surface area contributed by atoms with E-state index in [1.807, 2.05) is 30.3 Å². The SMILES string of the molecule is COc1ccc(C(=O)NCC2(c3ccccc3)CC2)c(OC(F)F)c1. The summed E-state index contributed by atoms with van der Waals surface area (Å²) in [7, 11) is 1.41. The topological polar surface area (TPSA) is 47.6 Å². The molecule has 6 heteroatoms. The predicted molar refractivity (Wildman–Crippen MR) is 89.3 cm³/mol. The van der Waals surface area contributed by atoms with Crippen LogP contribution >= 0.6 is 0 Å². The van der Waals surface area contributed by atoms with Gasteiger partial charge in [-0.25, -0.2) is 0 Å². The van der Waals surface area contributed by atoms with Gasteiger partial charge in [0.25, 0.3) is 5.91 Å². The Morgan fingerprint density at radius 3 is 2.52 bits per heavy atom. The van der Waals surface area contributed by atoms with E-state index in [1.54, 1.807) is 0 Å². The number of methoxy groups -OCH3 is 1. The Morgan fingerprint density at radius 2 is 1.92 bits per heavy atom. The normalized spacial score (nSPS) is 14.9. The van der Waals surface area contributed by atoms with Crippen molar-refractivity contribution in [2.45, 2.75) is 24.9 Å². The Morgan fingerprint density at radius 1 is 1.20 bits per heavy atom. The fourth-order valence-electron chi connectivity index (χ4n) is 2.87. The summed E-state index contributed by atoms with van der Waals surface area (Å²) in [5.41, 5.74) is 1.17. The Bertz CT molecular complexity index is 746. The van der Waals surface area contributed by atoms with Gasteiger partial charge in [-0.05, 0) is 30.5 Å². The standard InChI is InChI=1S/C19H19F2NO3/c1-24-14-7-8-15(16(11-14)25-18(20)21)17(23)22-12-19(9-10-19)13-5-3-2-4-6-13/h2-8,11,18H,9-10,12H2,1H3,(H,22,23). The molecule has 25 heavy (non-hydrogen) atoms. The molecule has 1 amide bonds. The lowest BCUT2D eigenvalue weighted by molar-refractivity contribution is -0.0502. The van der Waals surface area contributed by atoms with E-state index in [0.717, 1.165) is 12.8 Å². The van der Waals surface area contributed by atoms with Crippen LogP contribution in [-0.2, 0) is 5.41 Å². The van der Waals surface area contributed by atoms with Gasteiger partial charge in [-0.1, -0.05) is 30.3 Å². The van der Waals surface area contributed by atoms with Crippen molar-refractivity contribution in [1.82, 2.24) is 5.32 Å². The van der Waals surface area contributed by atoms with Crippen molar-refractivity contribution in [3.63, 3.8) is 0 Å². The summed E-state index contributed by atoms with van der Waals surface area (Å²) < 4.78 is 34.7. The highest BCUT2D eigenvalue weighted by molar-refractivity contribution is 5.97. The van der Waals surface area contributed by atoms with Crippen LogP contribution in [0, 0.1) is 0 Å². The van der Waals surface area contributed by atoms with Gasteiger partial charge in [0.05, 0.1) is 12.7 Å². The summed E-state index contributed by atoms with van der Waals surface area (Å²) in [4.78, 5) is 12.5. The number of ether oxygens (including phenoxy) is 2. The Hall–Kier alpha value is -2.63. The minimum Gasteiger partial charge on any atom is -0.497 e. The molecule has 0 spiro atoms. The number of halogens is 2. The molecule has 1 saturated carbocycles. The van der Waals surface area contributed by atoms with Crippen molar-refractivity contribution in [1.29, 1.82) is 0 Å². The van der Waals surface area contributed by atoms with Crippen molar-refractivity contribution >= 4 is 5.91 Å². The summed E-state index contributed by atoms with van der Waals surface area (Å²) in [5, 5.41) is 2.85. The van der Waals surface area contributed by atoms with E-state index >= 15 is 0 Å². The van der Waals surface area contributed by atoms with E-state index in [9.17, 15) is 13.6 Å². The third kappa shape index (κ3) is 3.90. The Kier molecular flexibility index (Phi) is 4.88. The van der Waals surface area contributed by atoms with Crippen LogP contribution in [0.5, 0.6) is 11.5 Å². The number of hydrogen-bond acceptors (Lipinski definition) is 3. The molecule has 0 atom stereocenters. The van der Waals surface area contributed by atoms with Gasteiger partial charge in [0, 0.05) is 18.0 Å². The van der Waals surface area contributed by atoms with E-state index in [1.165, 1.54) is 30.9 Å². The third-order valence-corrected chi connectivity index (χ3v) is 4.48. The van der Waals surface area contributed by atoms with Crippen molar-refractivity contribution in [2.75, 3.05) is 13.7 Å². The summed E-state index contributed by atoms with van der Waals surface area (Å²) in [6, 6.07) is 14.2. The van der Waals surface area contributed by atoms with E-state index in [0.29, 0.717) is 12.3 Å². The predicted octanol–water partition coefficient (Wildman–Crippen LogP) is 3.76. The molecule has 1 fully saturated rings. The molecule has 0 bridgehead atoms. The molecule has 0 saturated heterocycles. The number of rotatable bonds is 7. The van der Waals surface area contributed by atoms with Gasteiger partial charge in [-0.2, -0.15) is 8.78 Å². The highest BCUT2D eigenvalue weighted by Crippen LogP contribution is 2.47. The van der Waals surface area contributed by atoms with Crippen LogP contribution < -0.4 is 14.8 Å². The fourth-order valence-corrected chi connectivity index (χ4v) is 2.87. The molecule has 2 aromatic rings. The zero-order valence-electron chi connectivity index (χ0n) is 13.8. The average Bonchev–Trinajstić information content (AvgIpc) is 3.41. The molecule has 2 aromatic carbocycles. The number of carbonyl (C=O) groups is 1. The average molecular weight is 347 g/mol. The smallest absolute Gasteiger partial charge is 0.387 e. The molecule has 4 nitrogen and oxygen atoms in total. The lowest BCUT2D eigenvalue weighted by Gasteiger charge is -2.18. The maximum atomic E-state index is 12.6. The maximum Gasteiger partial charge on any atom is 0.387 e. The Balaban J connectivity index is 1.73. The maximum absolute atomic E-state index is 12.6. The molecule has 0 heterocycles. The quantitative estimate of drug-likeness (QED) is 0.830. The van der Waals surface area contributed by atoms with Gasteiger partial charge in [0.1, 0.15) is 11.5 Å². The molecule has 0 aromatic heterocycles. The van der Waals surface area contributed by atoms with Gasteiger partial charge in [-0.3, -0.25) is 4.79 Å². The van der Waals surface area contributed by atoms with E-state index in [4.69, 9.17) is 4.74 Å². The minimum atomic E-state index is -3.02. The molecule has 1 N–H and O–H groups in total. The van der Waals surface area contributed by atoms with Crippen LogP contribution in [0.25, 0.3) is 0 Å². The first kappa shape index (κ1) is 17.2. The number of amides is 1. The number of nitrogens with one attached hydrogen (secondary N) is 1. The Labute approximate surface area is 144 Å². The molecule has 0 unspecified atom stereocenters. The molecular formula is C19H19F2NO3. The fraction of sp³-hybridized carbons (Fsp3) is 0.316. The summed E-state index contributed by atoms with van der Waals surface area (Å²) in [6.07, 6.45) is 1.97. The zero-order valence-corrected chi connectivity index (χ0v) is 13.8. The first-order valence-corrected chi connectivity index (χ1v) is 8.01. The lowest BCUT2D eigenvalue weighted by atomic mass is 9.96. The monoisotopic (exact) mass is 347 g/mol. The van der Waals surface area contributed by atoms with E-state index in [2.05, 4.69) is 10.1 Å². The number of alkyl halides is 2. The van der Waals surface area contributed by atoms with Crippen LogP contribution in [0.2, 0.25) is 0 Å². The summed E-state index contributed by atoms with van der Waals surface area (Å²) >= 11 is 0. The van der Waals surface area contributed by atoms with Crippen LogP contribution in [0.15, 0.2) is 48.5 Å². The van der Waals surface area contributed by atoms with E-state index in [-0.39, 0.29) is 16.7 Å². The van der Waals surface area contributed by atoms with Crippen LogP contribution in [0.1, 0.15) is 28.8 Å². The second kappa shape index (κ2) is 7.09. The van der Waals surface area contributed by atoms with Crippen molar-refractivity contribution in [2.24, 2.45) is 0 Å². The molecular weight excluding hydrogens is 328 g/mol. The molecule has 0 radical (unpaired) electrons. The molecule has 1 aliphatic carbocycles.